The van der Waals surface area contributed by atoms with E-state index in [9.17, 15) is 0 Å². The molecule has 0 aromatic heterocycles. The van der Waals surface area contributed by atoms with Crippen molar-refractivity contribution < 1.29 is 21.1 Å². The molecule has 0 unspecified atom stereocenters. The summed E-state index contributed by atoms with van der Waals surface area (Å²) in [5, 5.41) is 0. The van der Waals surface area contributed by atoms with Crippen molar-refractivity contribution in [1.82, 2.24) is 0 Å². The van der Waals surface area contributed by atoms with Gasteiger partial charge in [-0.3, -0.25) is 0 Å². The zero-order valence-electron chi connectivity index (χ0n) is 27.1. The van der Waals surface area contributed by atoms with Gasteiger partial charge < -0.3 is 29.1 Å². The van der Waals surface area contributed by atoms with Gasteiger partial charge in [-0.05, 0) is 0 Å². The van der Waals surface area contributed by atoms with Crippen LogP contribution in [0.2, 0.25) is 0 Å². The SMILES string of the molecule is [C-]#[N+]C(C)(C)C.[C-]#[N+]C(C)(C)C.[C-]#[N+]C(C)(C)C.[C-]#[N+]C(C)(C)C.[C-]#[N+]C(C)(C)C.[C-]#[N+]C(C)(C)C.[Mo]. The number of rotatable bonds is 0. The Morgan fingerprint density at radius 3 is 0.270 bits per heavy atom. The minimum atomic E-state index is -0.167. The van der Waals surface area contributed by atoms with E-state index in [0.717, 1.165) is 0 Å². The Kier molecular flexibility index (Phi) is 31.6. The maximum Gasteiger partial charge on any atom is 0.224 e. The van der Waals surface area contributed by atoms with E-state index in [0.29, 0.717) is 0 Å². The van der Waals surface area contributed by atoms with E-state index in [1.54, 1.807) is 0 Å². The largest absolute Gasteiger partial charge is 0.311 e. The summed E-state index contributed by atoms with van der Waals surface area (Å²) in [6, 6.07) is 0. The van der Waals surface area contributed by atoms with Crippen molar-refractivity contribution in [3.8, 4) is 0 Å². The molecule has 37 heavy (non-hydrogen) atoms. The second-order valence-corrected chi connectivity index (χ2v) is 13.7. The fraction of sp³-hybridized carbons (Fsp3) is 0.800. The van der Waals surface area contributed by atoms with Gasteiger partial charge in [0.2, 0.25) is 33.2 Å². The minimum Gasteiger partial charge on any atom is -0.311 e. The van der Waals surface area contributed by atoms with Crippen LogP contribution < -0.4 is 0 Å². The average Bonchev–Trinajstić information content (AvgIpc) is 2.67. The molecule has 0 fully saturated rings. The fourth-order valence-electron chi connectivity index (χ4n) is 0. The molecule has 0 spiro atoms. The molecule has 0 aliphatic heterocycles. The topological polar surface area (TPSA) is 26.2 Å². The van der Waals surface area contributed by atoms with E-state index >= 15 is 0 Å². The first-order valence-electron chi connectivity index (χ1n) is 11.7. The Morgan fingerprint density at radius 2 is 0.270 bits per heavy atom. The zero-order valence-corrected chi connectivity index (χ0v) is 29.1. The summed E-state index contributed by atoms with van der Waals surface area (Å²) in [5.74, 6) is 0. The van der Waals surface area contributed by atoms with Gasteiger partial charge in [0.1, 0.15) is 0 Å². The molecule has 0 amide bonds. The molecule has 0 radical (unpaired) electrons. The third-order valence-corrected chi connectivity index (χ3v) is 2.01. The predicted molar refractivity (Wildman–Crippen MR) is 158 cm³/mol. The molecule has 0 rings (SSSR count). The third-order valence-electron chi connectivity index (χ3n) is 2.01. The normalized spacial score (nSPS) is 10.1. The molecule has 0 saturated carbocycles. The molecule has 0 aliphatic carbocycles. The van der Waals surface area contributed by atoms with E-state index < -0.39 is 0 Å². The van der Waals surface area contributed by atoms with Gasteiger partial charge in [-0.15, -0.1) is 0 Å². The number of hydrogen-bond donors (Lipinski definition) is 0. The molecule has 0 heterocycles. The van der Waals surface area contributed by atoms with Gasteiger partial charge in [0, 0.05) is 146 Å². The monoisotopic (exact) mass is 596 g/mol. The first kappa shape index (κ1) is 51.3. The van der Waals surface area contributed by atoms with Crippen LogP contribution in [0.3, 0.4) is 0 Å². The summed E-state index contributed by atoms with van der Waals surface area (Å²) >= 11 is 0. The Labute approximate surface area is 246 Å². The van der Waals surface area contributed by atoms with Crippen molar-refractivity contribution >= 4 is 0 Å². The molecule has 0 aromatic carbocycles. The van der Waals surface area contributed by atoms with Crippen molar-refractivity contribution in [2.45, 2.75) is 158 Å². The van der Waals surface area contributed by atoms with E-state index in [-0.39, 0.29) is 54.3 Å². The van der Waals surface area contributed by atoms with Crippen LogP contribution >= 0.6 is 0 Å². The summed E-state index contributed by atoms with van der Waals surface area (Å²) in [4.78, 5) is 19.6. The van der Waals surface area contributed by atoms with E-state index in [1.807, 2.05) is 125 Å². The van der Waals surface area contributed by atoms with Crippen molar-refractivity contribution in [3.05, 3.63) is 68.5 Å². The first-order valence-corrected chi connectivity index (χ1v) is 11.7. The van der Waals surface area contributed by atoms with Gasteiger partial charge in [-0.25, -0.2) is 39.4 Å². The van der Waals surface area contributed by atoms with Crippen LogP contribution in [0.1, 0.15) is 125 Å². The Hall–Kier alpha value is -2.37. The van der Waals surface area contributed by atoms with Crippen molar-refractivity contribution in [2.24, 2.45) is 0 Å². The van der Waals surface area contributed by atoms with Crippen LogP contribution in [-0.2, 0) is 21.1 Å². The molecule has 0 aliphatic rings. The van der Waals surface area contributed by atoms with Crippen molar-refractivity contribution in [3.63, 3.8) is 0 Å². The zero-order chi connectivity index (χ0) is 31.2. The Balaban J connectivity index is -0.0000000581. The average molecular weight is 595 g/mol. The summed E-state index contributed by atoms with van der Waals surface area (Å²) in [5.41, 5.74) is -1.00. The van der Waals surface area contributed by atoms with Gasteiger partial charge >= 0.3 is 0 Å². The maximum absolute atomic E-state index is 6.48. The molecule has 0 aromatic rings. The van der Waals surface area contributed by atoms with Gasteiger partial charge in [-0.2, -0.15) is 0 Å². The van der Waals surface area contributed by atoms with E-state index in [1.165, 1.54) is 0 Å². The van der Waals surface area contributed by atoms with Crippen LogP contribution in [0.25, 0.3) is 29.1 Å². The fourth-order valence-corrected chi connectivity index (χ4v) is 0. The maximum atomic E-state index is 6.48. The van der Waals surface area contributed by atoms with Crippen molar-refractivity contribution in [1.29, 1.82) is 0 Å². The van der Waals surface area contributed by atoms with Gasteiger partial charge in [0.15, 0.2) is 0 Å². The van der Waals surface area contributed by atoms with Crippen molar-refractivity contribution in [2.75, 3.05) is 0 Å². The molecular formula is C30H54MoN6. The molecule has 6 nitrogen and oxygen atoms in total. The number of hydrogen-bond acceptors (Lipinski definition) is 0. The molecule has 0 atom stereocenters. The van der Waals surface area contributed by atoms with E-state index in [2.05, 4.69) is 29.1 Å². The Bertz CT molecular complexity index is 618. The predicted octanol–water partition coefficient (Wildman–Crippen LogP) is 10.2. The van der Waals surface area contributed by atoms with Gasteiger partial charge in [0.05, 0.1) is 0 Å². The molecule has 210 valence electrons. The second kappa shape index (κ2) is 22.8. The minimum absolute atomic E-state index is 0. The molecular weight excluding hydrogens is 540 g/mol. The summed E-state index contributed by atoms with van der Waals surface area (Å²) in [6.45, 7) is 72.9. The second-order valence-electron chi connectivity index (χ2n) is 13.7. The molecule has 0 N–H and O–H groups in total. The number of nitrogens with zero attached hydrogens (tertiary/aromatic N) is 6. The van der Waals surface area contributed by atoms with E-state index in [4.69, 9.17) is 39.4 Å². The summed E-state index contributed by atoms with van der Waals surface area (Å²) in [7, 11) is 0. The van der Waals surface area contributed by atoms with Gasteiger partial charge in [-0.1, -0.05) is 0 Å². The summed E-state index contributed by atoms with van der Waals surface area (Å²) in [6.07, 6.45) is 0. The van der Waals surface area contributed by atoms with Gasteiger partial charge in [0.25, 0.3) is 0 Å². The van der Waals surface area contributed by atoms with Crippen LogP contribution in [0, 0.1) is 39.4 Å². The molecule has 0 bridgehead atoms. The van der Waals surface area contributed by atoms with Crippen LogP contribution in [0.15, 0.2) is 0 Å². The Morgan fingerprint density at radius 1 is 0.243 bits per heavy atom. The summed E-state index contributed by atoms with van der Waals surface area (Å²) < 4.78 is 0. The van der Waals surface area contributed by atoms with Crippen LogP contribution in [0.5, 0.6) is 0 Å². The molecule has 0 saturated heterocycles. The van der Waals surface area contributed by atoms with Crippen LogP contribution in [0.4, 0.5) is 0 Å². The third kappa shape index (κ3) is 138. The quantitative estimate of drug-likeness (QED) is 0.197. The standard InChI is InChI=1S/6C5H9N.Mo/c6*1-5(2,3)6-4;/h6*1-3H3;. The first-order chi connectivity index (χ1) is 15.4. The smallest absolute Gasteiger partial charge is 0.224 e. The molecule has 7 heteroatoms. The van der Waals surface area contributed by atoms with Crippen LogP contribution in [-0.4, -0.2) is 33.2 Å².